The highest BCUT2D eigenvalue weighted by Gasteiger charge is 2.48. The highest BCUT2D eigenvalue weighted by molar-refractivity contribution is 7.77. The number of nitrogens with one attached hydrogen (secondary N) is 2. The van der Waals surface area contributed by atoms with E-state index in [0.29, 0.717) is 29.3 Å². The maximum Gasteiger partial charge on any atom is 0.274 e. The number of hydrogen-bond donors (Lipinski definition) is 3. The first-order valence-corrected chi connectivity index (χ1v) is 11.2. The largest absolute Gasteiger partial charge is 0.370 e. The summed E-state index contributed by atoms with van der Waals surface area (Å²) >= 11 is -2.08. The molecule has 8 heteroatoms. The number of rotatable bonds is 6. The van der Waals surface area contributed by atoms with Gasteiger partial charge in [-0.05, 0) is 54.9 Å². The van der Waals surface area contributed by atoms with Crippen molar-refractivity contribution in [3.05, 3.63) is 52.6 Å². The summed E-state index contributed by atoms with van der Waals surface area (Å²) in [6.07, 6.45) is 7.25. The van der Waals surface area contributed by atoms with E-state index in [-0.39, 0.29) is 5.52 Å². The molecule has 1 aliphatic heterocycles. The molecule has 1 aliphatic carbocycles. The van der Waals surface area contributed by atoms with Crippen LogP contribution in [0.3, 0.4) is 0 Å². The predicted octanol–water partition coefficient (Wildman–Crippen LogP) is 2.79. The van der Waals surface area contributed by atoms with Crippen molar-refractivity contribution in [2.24, 2.45) is 12.4 Å². The van der Waals surface area contributed by atoms with E-state index in [1.54, 1.807) is 12.3 Å². The Balaban J connectivity index is 1.66. The molecular formula is C22H26N4O3S. The van der Waals surface area contributed by atoms with Crippen molar-refractivity contribution in [1.29, 1.82) is 0 Å². The van der Waals surface area contributed by atoms with Gasteiger partial charge in [0, 0.05) is 65.3 Å². The number of aromatic nitrogens is 2. The van der Waals surface area contributed by atoms with Gasteiger partial charge in [0.2, 0.25) is 11.3 Å². The Kier molecular flexibility index (Phi) is 4.00. The number of nitrogens with zero attached hydrogens (tertiary/aromatic N) is 2. The van der Waals surface area contributed by atoms with Crippen molar-refractivity contribution in [1.82, 2.24) is 14.3 Å². The Bertz CT molecular complexity index is 1300. The lowest BCUT2D eigenvalue weighted by atomic mass is 9.97. The first-order valence-electron chi connectivity index (χ1n) is 11.6. The Labute approximate surface area is 181 Å². The molecule has 2 fully saturated rings. The first kappa shape index (κ1) is 16.3. The fourth-order valence-corrected chi connectivity index (χ4v) is 4.88. The molecule has 1 aromatic carbocycles. The van der Waals surface area contributed by atoms with Gasteiger partial charge in [-0.15, -0.1) is 0 Å². The highest BCUT2D eigenvalue weighted by atomic mass is 32.2. The molecule has 3 heterocycles. The van der Waals surface area contributed by atoms with Crippen LogP contribution in [0.2, 0.25) is 0 Å². The van der Waals surface area contributed by atoms with Crippen LogP contribution in [0.4, 0.5) is 5.69 Å². The standard InChI is InChI=1S/C22H26N4O3S/c1-25-13-18(16-5-9-23-20(16)21(25)27)17-12-15(4-10-24-30(28)29)2-3-19(17)26-11-8-22(14-26)6-7-22/h2-3,5,9,12-13,23-24H,4,6-8,10-11,14H2,1H3,(H,28,29)/i1D3. The Morgan fingerprint density at radius 2 is 2.17 bits per heavy atom. The van der Waals surface area contributed by atoms with E-state index in [0.717, 1.165) is 40.9 Å². The minimum absolute atomic E-state index is 0.261. The van der Waals surface area contributed by atoms with Gasteiger partial charge >= 0.3 is 0 Å². The highest BCUT2D eigenvalue weighted by Crippen LogP contribution is 2.54. The molecule has 3 aromatic rings. The Hall–Kier alpha value is -2.42. The van der Waals surface area contributed by atoms with E-state index in [1.165, 1.54) is 19.0 Å². The molecular weight excluding hydrogens is 400 g/mol. The minimum Gasteiger partial charge on any atom is -0.370 e. The number of aromatic amines is 1. The quantitative estimate of drug-likeness (QED) is 0.526. The summed E-state index contributed by atoms with van der Waals surface area (Å²) in [6.45, 7) is -0.376. The minimum atomic E-state index is -2.61. The van der Waals surface area contributed by atoms with Gasteiger partial charge < -0.3 is 14.5 Å². The van der Waals surface area contributed by atoms with Crippen LogP contribution < -0.4 is 15.2 Å². The summed E-state index contributed by atoms with van der Waals surface area (Å²) in [6, 6.07) is 7.86. The zero-order valence-corrected chi connectivity index (χ0v) is 17.3. The monoisotopic (exact) mass is 429 g/mol. The molecule has 1 saturated carbocycles. The van der Waals surface area contributed by atoms with Crippen LogP contribution in [-0.4, -0.2) is 37.9 Å². The van der Waals surface area contributed by atoms with E-state index in [9.17, 15) is 9.00 Å². The van der Waals surface area contributed by atoms with Gasteiger partial charge in [0.1, 0.15) is 5.52 Å². The molecule has 3 N–H and O–H groups in total. The van der Waals surface area contributed by atoms with E-state index in [1.807, 2.05) is 18.2 Å². The van der Waals surface area contributed by atoms with Crippen LogP contribution in [-0.2, 0) is 24.7 Å². The fourth-order valence-electron chi connectivity index (χ4n) is 4.60. The van der Waals surface area contributed by atoms with Crippen molar-refractivity contribution in [3.8, 4) is 11.1 Å². The lowest BCUT2D eigenvalue weighted by Crippen LogP contribution is -2.22. The number of fused-ring (bicyclic) bond motifs is 1. The lowest BCUT2D eigenvalue weighted by Gasteiger charge is -2.24. The zero-order chi connectivity index (χ0) is 23.4. The predicted molar refractivity (Wildman–Crippen MR) is 120 cm³/mol. The van der Waals surface area contributed by atoms with Crippen molar-refractivity contribution in [2.75, 3.05) is 24.5 Å². The van der Waals surface area contributed by atoms with Crippen molar-refractivity contribution < 1.29 is 12.9 Å². The van der Waals surface area contributed by atoms with Crippen LogP contribution in [0.15, 0.2) is 41.5 Å². The molecule has 1 atom stereocenters. The van der Waals surface area contributed by atoms with Crippen LogP contribution in [0.1, 0.15) is 28.9 Å². The summed E-state index contributed by atoms with van der Waals surface area (Å²) in [7, 11) is 0. The van der Waals surface area contributed by atoms with Crippen molar-refractivity contribution in [3.63, 3.8) is 0 Å². The Morgan fingerprint density at radius 1 is 1.30 bits per heavy atom. The van der Waals surface area contributed by atoms with Crippen LogP contribution in [0, 0.1) is 5.41 Å². The maximum absolute atomic E-state index is 12.8. The molecule has 0 bridgehead atoms. The van der Waals surface area contributed by atoms with Crippen LogP contribution in [0.25, 0.3) is 22.0 Å². The van der Waals surface area contributed by atoms with Crippen molar-refractivity contribution in [2.45, 2.75) is 25.7 Å². The second-order valence-electron chi connectivity index (χ2n) is 8.40. The third-order valence-corrected chi connectivity index (χ3v) is 6.91. The van der Waals surface area contributed by atoms with Crippen LogP contribution in [0.5, 0.6) is 0 Å². The summed E-state index contributed by atoms with van der Waals surface area (Å²) in [4.78, 5) is 18.1. The average molecular weight is 430 g/mol. The topological polar surface area (TPSA) is 90.4 Å². The molecule has 30 heavy (non-hydrogen) atoms. The van der Waals surface area contributed by atoms with Crippen molar-refractivity contribution >= 4 is 27.9 Å². The second-order valence-corrected chi connectivity index (χ2v) is 9.19. The first-order chi connectivity index (χ1) is 15.7. The van der Waals surface area contributed by atoms with Gasteiger partial charge in [0.25, 0.3) is 5.56 Å². The molecule has 5 rings (SSSR count). The smallest absolute Gasteiger partial charge is 0.274 e. The second kappa shape index (κ2) is 7.37. The molecule has 0 radical (unpaired) electrons. The molecule has 2 aliphatic rings. The molecule has 158 valence electrons. The number of pyridine rings is 1. The third kappa shape index (κ3) is 3.49. The normalized spacial score (nSPS) is 20.3. The number of aryl methyl sites for hydroxylation is 1. The van der Waals surface area contributed by atoms with E-state index in [4.69, 9.17) is 8.67 Å². The molecule has 0 amide bonds. The number of benzene rings is 1. The Morgan fingerprint density at radius 3 is 2.90 bits per heavy atom. The summed E-state index contributed by atoms with van der Waals surface area (Å²) in [5.41, 5.74) is 3.59. The zero-order valence-electron chi connectivity index (χ0n) is 19.5. The van der Waals surface area contributed by atoms with Gasteiger partial charge in [-0.25, -0.2) is 8.93 Å². The van der Waals surface area contributed by atoms with Gasteiger partial charge in [-0.2, -0.15) is 0 Å². The molecule has 2 aromatic heterocycles. The van der Waals surface area contributed by atoms with Crippen LogP contribution >= 0.6 is 0 Å². The number of anilines is 1. The van der Waals surface area contributed by atoms with Gasteiger partial charge in [-0.3, -0.25) is 9.35 Å². The SMILES string of the molecule is [2H]C([2H])([2H])n1cc(-c2cc(CCNS(=O)O)ccc2N2CCC3(CC3)C2)c2cc[nH]c2c1=O. The van der Waals surface area contributed by atoms with E-state index >= 15 is 0 Å². The number of H-pyrrole nitrogens is 1. The van der Waals surface area contributed by atoms with E-state index < -0.39 is 23.8 Å². The molecule has 7 nitrogen and oxygen atoms in total. The molecule has 1 spiro atoms. The van der Waals surface area contributed by atoms with E-state index in [2.05, 4.69) is 14.6 Å². The summed E-state index contributed by atoms with van der Waals surface area (Å²) < 4.78 is 46.9. The number of hydrogen-bond acceptors (Lipinski definition) is 3. The fraction of sp³-hybridized carbons (Fsp3) is 0.409. The third-order valence-electron chi connectivity index (χ3n) is 6.45. The lowest BCUT2D eigenvalue weighted by molar-refractivity contribution is 0.549. The van der Waals surface area contributed by atoms with Gasteiger partial charge in [-0.1, -0.05) is 6.07 Å². The molecule has 1 unspecified atom stereocenters. The summed E-state index contributed by atoms with van der Waals surface area (Å²) in [5.74, 6) is 0. The van der Waals surface area contributed by atoms with Gasteiger partial charge in [0.15, 0.2) is 0 Å². The summed E-state index contributed by atoms with van der Waals surface area (Å²) in [5, 5.41) is 0.675. The molecule has 1 saturated heterocycles. The maximum atomic E-state index is 12.8. The van der Waals surface area contributed by atoms with Gasteiger partial charge in [0.05, 0.1) is 0 Å². The average Bonchev–Trinajstić information content (AvgIpc) is 3.14.